The Morgan fingerprint density at radius 1 is 1.12 bits per heavy atom. The van der Waals surface area contributed by atoms with Gasteiger partial charge in [-0.05, 0) is 37.6 Å². The summed E-state index contributed by atoms with van der Waals surface area (Å²) in [6.45, 7) is 3.94. The molecule has 0 atom stereocenters. The molecule has 134 valence electrons. The molecular weight excluding hydrogens is 348 g/mol. The van der Waals surface area contributed by atoms with Crippen molar-refractivity contribution in [2.24, 2.45) is 0 Å². The second-order valence-electron chi connectivity index (χ2n) is 5.69. The van der Waals surface area contributed by atoms with Crippen LogP contribution in [0, 0.1) is 13.8 Å². The Kier molecular flexibility index (Phi) is 5.58. The highest BCUT2D eigenvalue weighted by Crippen LogP contribution is 2.26. The van der Waals surface area contributed by atoms with Crippen LogP contribution in [0.1, 0.15) is 11.4 Å². The van der Waals surface area contributed by atoms with Gasteiger partial charge in [0.2, 0.25) is 5.91 Å². The summed E-state index contributed by atoms with van der Waals surface area (Å²) in [5, 5.41) is 11.9. The van der Waals surface area contributed by atoms with Crippen LogP contribution in [0.2, 0.25) is 0 Å². The largest absolute Gasteiger partial charge is 0.495 e. The van der Waals surface area contributed by atoms with Crippen LogP contribution in [0.4, 0.5) is 5.69 Å². The molecule has 6 nitrogen and oxygen atoms in total. The van der Waals surface area contributed by atoms with Gasteiger partial charge in [0.25, 0.3) is 0 Å². The summed E-state index contributed by atoms with van der Waals surface area (Å²) >= 11 is 1.35. The van der Waals surface area contributed by atoms with Gasteiger partial charge in [0.1, 0.15) is 11.6 Å². The van der Waals surface area contributed by atoms with Gasteiger partial charge in [0.05, 0.1) is 24.2 Å². The Hall–Kier alpha value is -2.80. The van der Waals surface area contributed by atoms with Gasteiger partial charge >= 0.3 is 0 Å². The van der Waals surface area contributed by atoms with Crippen LogP contribution >= 0.6 is 11.8 Å². The highest BCUT2D eigenvalue weighted by molar-refractivity contribution is 7.99. The number of aryl methyl sites for hydroxylation is 2. The lowest BCUT2D eigenvalue weighted by atomic mass is 10.2. The number of benzene rings is 2. The zero-order valence-corrected chi connectivity index (χ0v) is 15.7. The Morgan fingerprint density at radius 3 is 2.62 bits per heavy atom. The van der Waals surface area contributed by atoms with Gasteiger partial charge in [-0.3, -0.25) is 9.36 Å². The minimum absolute atomic E-state index is 0.128. The maximum absolute atomic E-state index is 12.3. The number of ether oxygens (including phenoxy) is 1. The molecule has 1 aromatic heterocycles. The van der Waals surface area contributed by atoms with Crippen LogP contribution < -0.4 is 10.1 Å². The highest BCUT2D eigenvalue weighted by Gasteiger charge is 2.15. The maximum atomic E-state index is 12.3. The van der Waals surface area contributed by atoms with E-state index in [9.17, 15) is 4.79 Å². The number of hydrogen-bond acceptors (Lipinski definition) is 5. The fourth-order valence-electron chi connectivity index (χ4n) is 2.59. The molecule has 3 aromatic rings. The molecule has 1 amide bonds. The van der Waals surface area contributed by atoms with E-state index >= 15 is 0 Å². The van der Waals surface area contributed by atoms with Crippen molar-refractivity contribution in [1.82, 2.24) is 14.8 Å². The number of nitrogens with one attached hydrogen (secondary N) is 1. The summed E-state index contributed by atoms with van der Waals surface area (Å²) in [4.78, 5) is 12.3. The van der Waals surface area contributed by atoms with Gasteiger partial charge in [-0.1, -0.05) is 42.1 Å². The molecule has 2 aromatic carbocycles. The quantitative estimate of drug-likeness (QED) is 0.673. The number of rotatable bonds is 6. The van der Waals surface area contributed by atoms with E-state index < -0.39 is 0 Å². The molecule has 0 aliphatic rings. The molecule has 7 heteroatoms. The molecule has 0 bridgehead atoms. The predicted molar refractivity (Wildman–Crippen MR) is 103 cm³/mol. The Morgan fingerprint density at radius 2 is 1.85 bits per heavy atom. The van der Waals surface area contributed by atoms with Crippen molar-refractivity contribution in [3.05, 3.63) is 59.9 Å². The first kappa shape index (κ1) is 18.0. The Labute approximate surface area is 156 Å². The van der Waals surface area contributed by atoms with Crippen molar-refractivity contribution in [1.29, 1.82) is 0 Å². The van der Waals surface area contributed by atoms with Crippen LogP contribution in [0.3, 0.4) is 0 Å². The first-order chi connectivity index (χ1) is 12.6. The normalized spacial score (nSPS) is 10.6. The van der Waals surface area contributed by atoms with Crippen molar-refractivity contribution in [3.8, 4) is 11.4 Å². The number of amides is 1. The van der Waals surface area contributed by atoms with Gasteiger partial charge in [0.15, 0.2) is 5.16 Å². The molecule has 3 rings (SSSR count). The lowest BCUT2D eigenvalue weighted by molar-refractivity contribution is -0.113. The van der Waals surface area contributed by atoms with E-state index in [0.717, 1.165) is 17.1 Å². The Bertz CT molecular complexity index is 923. The zero-order valence-electron chi connectivity index (χ0n) is 14.9. The van der Waals surface area contributed by atoms with Gasteiger partial charge in [-0.2, -0.15) is 0 Å². The summed E-state index contributed by atoms with van der Waals surface area (Å²) < 4.78 is 7.22. The van der Waals surface area contributed by atoms with E-state index in [1.807, 2.05) is 54.8 Å². The van der Waals surface area contributed by atoms with Crippen molar-refractivity contribution in [2.45, 2.75) is 19.0 Å². The van der Waals surface area contributed by atoms with Crippen LogP contribution in [0.5, 0.6) is 5.75 Å². The predicted octanol–water partition coefficient (Wildman–Crippen LogP) is 3.62. The lowest BCUT2D eigenvalue weighted by Crippen LogP contribution is -2.15. The number of nitrogens with zero attached hydrogens (tertiary/aromatic N) is 3. The summed E-state index contributed by atoms with van der Waals surface area (Å²) in [6.07, 6.45) is 0. The van der Waals surface area contributed by atoms with Crippen LogP contribution in [-0.4, -0.2) is 33.5 Å². The molecule has 0 fully saturated rings. The van der Waals surface area contributed by atoms with E-state index in [1.165, 1.54) is 11.8 Å². The average molecular weight is 368 g/mol. The summed E-state index contributed by atoms with van der Waals surface area (Å²) in [6, 6.07) is 15.3. The van der Waals surface area contributed by atoms with Crippen LogP contribution in [0.15, 0.2) is 53.7 Å². The first-order valence-electron chi connectivity index (χ1n) is 8.14. The van der Waals surface area contributed by atoms with E-state index in [0.29, 0.717) is 16.6 Å². The second kappa shape index (κ2) is 8.05. The molecule has 0 unspecified atom stereocenters. The number of anilines is 1. The molecule has 1 N–H and O–H groups in total. The third-order valence-corrected chi connectivity index (χ3v) is 4.79. The SMILES string of the molecule is COc1ccccc1NC(=O)CSc1nnc(C)n1-c1ccccc1C. The van der Waals surface area contributed by atoms with E-state index in [-0.39, 0.29) is 11.7 Å². The van der Waals surface area contributed by atoms with Gasteiger partial charge in [0, 0.05) is 0 Å². The number of carbonyl (C=O) groups is 1. The standard InChI is InChI=1S/C19H20N4O2S/c1-13-8-4-6-10-16(13)23-14(2)21-22-19(23)26-12-18(24)20-15-9-5-7-11-17(15)25-3/h4-11H,12H2,1-3H3,(H,20,24). The number of thioether (sulfide) groups is 1. The smallest absolute Gasteiger partial charge is 0.234 e. The number of hydrogen-bond donors (Lipinski definition) is 1. The van der Waals surface area contributed by atoms with Crippen LogP contribution in [-0.2, 0) is 4.79 Å². The van der Waals surface area contributed by atoms with Crippen molar-refractivity contribution in [3.63, 3.8) is 0 Å². The second-order valence-corrected chi connectivity index (χ2v) is 6.63. The Balaban J connectivity index is 1.73. The molecule has 0 saturated carbocycles. The molecular formula is C19H20N4O2S. The number of methoxy groups -OCH3 is 1. The minimum Gasteiger partial charge on any atom is -0.495 e. The van der Waals surface area contributed by atoms with Gasteiger partial charge in [-0.25, -0.2) is 0 Å². The highest BCUT2D eigenvalue weighted by atomic mass is 32.2. The molecule has 26 heavy (non-hydrogen) atoms. The van der Waals surface area contributed by atoms with E-state index in [2.05, 4.69) is 15.5 Å². The van der Waals surface area contributed by atoms with Crippen molar-refractivity contribution >= 4 is 23.4 Å². The summed E-state index contributed by atoms with van der Waals surface area (Å²) in [5.74, 6) is 1.51. The molecule has 0 spiro atoms. The third-order valence-electron chi connectivity index (χ3n) is 3.86. The third kappa shape index (κ3) is 3.88. The molecule has 0 aliphatic carbocycles. The van der Waals surface area contributed by atoms with Crippen LogP contribution in [0.25, 0.3) is 5.69 Å². The summed E-state index contributed by atoms with van der Waals surface area (Å²) in [5.41, 5.74) is 2.79. The first-order valence-corrected chi connectivity index (χ1v) is 9.12. The molecule has 1 heterocycles. The lowest BCUT2D eigenvalue weighted by Gasteiger charge is -2.12. The number of carbonyl (C=O) groups excluding carboxylic acids is 1. The van der Waals surface area contributed by atoms with Crippen molar-refractivity contribution in [2.75, 3.05) is 18.2 Å². The zero-order chi connectivity index (χ0) is 18.5. The van der Waals surface area contributed by atoms with E-state index in [4.69, 9.17) is 4.74 Å². The van der Waals surface area contributed by atoms with E-state index in [1.54, 1.807) is 19.2 Å². The number of para-hydroxylation sites is 3. The monoisotopic (exact) mass is 368 g/mol. The average Bonchev–Trinajstić information content (AvgIpc) is 3.01. The van der Waals surface area contributed by atoms with Gasteiger partial charge < -0.3 is 10.1 Å². The molecule has 0 saturated heterocycles. The van der Waals surface area contributed by atoms with Gasteiger partial charge in [-0.15, -0.1) is 10.2 Å². The number of aromatic nitrogens is 3. The molecule has 0 radical (unpaired) electrons. The topological polar surface area (TPSA) is 69.0 Å². The fourth-order valence-corrected chi connectivity index (χ4v) is 3.38. The fraction of sp³-hybridized carbons (Fsp3) is 0.211. The van der Waals surface area contributed by atoms with Crippen molar-refractivity contribution < 1.29 is 9.53 Å². The molecule has 0 aliphatic heterocycles. The maximum Gasteiger partial charge on any atom is 0.234 e. The minimum atomic E-state index is -0.128. The summed E-state index contributed by atoms with van der Waals surface area (Å²) in [7, 11) is 1.58.